The lowest BCUT2D eigenvalue weighted by Gasteiger charge is -2.20. The molecule has 0 radical (unpaired) electrons. The number of carbonyl (C=O) groups is 2. The van der Waals surface area contributed by atoms with Crippen molar-refractivity contribution >= 4 is 27.8 Å². The normalized spacial score (nSPS) is 11.8. The van der Waals surface area contributed by atoms with Crippen LogP contribution in [0.15, 0.2) is 23.1 Å². The average Bonchev–Trinajstić information content (AvgIpc) is 2.24. The monoisotopic (exact) mass is 316 g/mol. The van der Waals surface area contributed by atoms with Gasteiger partial charge in [0.25, 0.3) is 0 Å². The fourth-order valence-corrected chi connectivity index (χ4v) is 1.94. The van der Waals surface area contributed by atoms with Gasteiger partial charge in [0.2, 0.25) is 10.0 Å². The first-order valence-electron chi connectivity index (χ1n) is 5.80. The lowest BCUT2D eigenvalue weighted by Crippen LogP contribution is -2.28. The molecule has 21 heavy (non-hydrogen) atoms. The topological polar surface area (TPSA) is 136 Å². The van der Waals surface area contributed by atoms with Gasteiger partial charge in [0.05, 0.1) is 16.1 Å². The molecule has 0 spiro atoms. The highest BCUT2D eigenvalue weighted by atomic mass is 32.2. The smallest absolute Gasteiger partial charge is 0.412 e. The average molecular weight is 316 g/mol. The number of aromatic carboxylic acids is 1. The number of anilines is 1. The minimum atomic E-state index is -4.02. The van der Waals surface area contributed by atoms with Crippen LogP contribution in [0.3, 0.4) is 0 Å². The Hall–Kier alpha value is -2.13. The Balaban J connectivity index is 3.19. The second-order valence-electron chi connectivity index (χ2n) is 5.18. The molecular weight excluding hydrogens is 300 g/mol. The van der Waals surface area contributed by atoms with Crippen LogP contribution in [0.2, 0.25) is 0 Å². The molecule has 4 N–H and O–H groups in total. The van der Waals surface area contributed by atoms with E-state index in [9.17, 15) is 18.0 Å². The molecule has 1 rings (SSSR count). The van der Waals surface area contributed by atoms with Crippen LogP contribution < -0.4 is 10.5 Å². The molecule has 0 fully saturated rings. The number of amides is 1. The number of carboxylic acid groups (broad SMARTS) is 1. The standard InChI is InChI=1S/C12H16N2O6S/c1-12(2,3)20-11(17)14-9-6-7(21(13,18)19)4-5-8(9)10(15)16/h4-6H,1-3H3,(H,14,17)(H,15,16)(H2,13,18,19). The summed E-state index contributed by atoms with van der Waals surface area (Å²) in [6.45, 7) is 4.89. The number of carbonyl (C=O) groups excluding carboxylic acids is 1. The van der Waals surface area contributed by atoms with Crippen molar-refractivity contribution in [2.75, 3.05) is 5.32 Å². The van der Waals surface area contributed by atoms with E-state index in [0.717, 1.165) is 18.2 Å². The largest absolute Gasteiger partial charge is 0.478 e. The van der Waals surface area contributed by atoms with Crippen molar-refractivity contribution in [2.45, 2.75) is 31.3 Å². The molecule has 9 heteroatoms. The van der Waals surface area contributed by atoms with Crippen LogP contribution in [-0.4, -0.2) is 31.2 Å². The third kappa shape index (κ3) is 5.04. The first-order chi connectivity index (χ1) is 9.40. The fraction of sp³-hybridized carbons (Fsp3) is 0.333. The second kappa shape index (κ2) is 5.70. The van der Waals surface area contributed by atoms with Crippen LogP contribution in [0.4, 0.5) is 10.5 Å². The summed E-state index contributed by atoms with van der Waals surface area (Å²) in [7, 11) is -4.02. The fourth-order valence-electron chi connectivity index (χ4n) is 1.40. The predicted octanol–water partition coefficient (Wildman–Crippen LogP) is 1.38. The Morgan fingerprint density at radius 1 is 1.29 bits per heavy atom. The molecule has 0 atom stereocenters. The van der Waals surface area contributed by atoms with Gasteiger partial charge in [-0.05, 0) is 39.0 Å². The summed E-state index contributed by atoms with van der Waals surface area (Å²) < 4.78 is 27.5. The van der Waals surface area contributed by atoms with Gasteiger partial charge in [0.15, 0.2) is 0 Å². The van der Waals surface area contributed by atoms with Crippen molar-refractivity contribution in [3.8, 4) is 0 Å². The van der Waals surface area contributed by atoms with E-state index < -0.39 is 27.7 Å². The number of sulfonamides is 1. The first kappa shape index (κ1) is 16.9. The lowest BCUT2D eigenvalue weighted by atomic mass is 10.2. The Morgan fingerprint density at radius 3 is 2.29 bits per heavy atom. The third-order valence-electron chi connectivity index (χ3n) is 2.19. The van der Waals surface area contributed by atoms with E-state index in [0.29, 0.717) is 0 Å². The molecular formula is C12H16N2O6S. The van der Waals surface area contributed by atoms with Crippen molar-refractivity contribution in [3.05, 3.63) is 23.8 Å². The summed E-state index contributed by atoms with van der Waals surface area (Å²) in [5, 5.41) is 16.2. The highest BCUT2D eigenvalue weighted by Gasteiger charge is 2.20. The van der Waals surface area contributed by atoms with Crippen LogP contribution >= 0.6 is 0 Å². The maximum absolute atomic E-state index is 11.7. The molecule has 0 unspecified atom stereocenters. The van der Waals surface area contributed by atoms with Crippen LogP contribution in [0.5, 0.6) is 0 Å². The highest BCUT2D eigenvalue weighted by Crippen LogP contribution is 2.21. The first-order valence-corrected chi connectivity index (χ1v) is 7.35. The van der Waals surface area contributed by atoms with Gasteiger partial charge in [0, 0.05) is 0 Å². The number of ether oxygens (including phenoxy) is 1. The number of benzene rings is 1. The van der Waals surface area contributed by atoms with Crippen LogP contribution in [0.25, 0.3) is 0 Å². The molecule has 1 aromatic rings. The Kier molecular flexibility index (Phi) is 4.59. The van der Waals surface area contributed by atoms with E-state index in [-0.39, 0.29) is 16.1 Å². The van der Waals surface area contributed by atoms with E-state index in [1.807, 2.05) is 0 Å². The van der Waals surface area contributed by atoms with E-state index in [1.54, 1.807) is 20.8 Å². The van der Waals surface area contributed by atoms with Crippen molar-refractivity contribution in [1.82, 2.24) is 0 Å². The number of hydrogen-bond acceptors (Lipinski definition) is 5. The molecule has 0 aliphatic carbocycles. The van der Waals surface area contributed by atoms with Gasteiger partial charge in [-0.15, -0.1) is 0 Å². The summed E-state index contributed by atoms with van der Waals surface area (Å²) in [6, 6.07) is 3.04. The number of carboxylic acids is 1. The van der Waals surface area contributed by atoms with Crippen molar-refractivity contribution in [1.29, 1.82) is 0 Å². The Morgan fingerprint density at radius 2 is 1.86 bits per heavy atom. The van der Waals surface area contributed by atoms with Crippen LogP contribution in [0.1, 0.15) is 31.1 Å². The molecule has 0 saturated carbocycles. The number of primary sulfonamides is 1. The Bertz CT molecular complexity index is 675. The predicted molar refractivity (Wildman–Crippen MR) is 74.6 cm³/mol. The van der Waals surface area contributed by atoms with Gasteiger partial charge in [-0.1, -0.05) is 0 Å². The maximum Gasteiger partial charge on any atom is 0.412 e. The lowest BCUT2D eigenvalue weighted by molar-refractivity contribution is 0.0636. The minimum absolute atomic E-state index is 0.219. The molecule has 0 aromatic heterocycles. The number of nitrogens with two attached hydrogens (primary N) is 1. The Labute approximate surface area is 122 Å². The molecule has 0 heterocycles. The SMILES string of the molecule is CC(C)(C)OC(=O)Nc1cc(S(N)(=O)=O)ccc1C(=O)O. The zero-order valence-electron chi connectivity index (χ0n) is 11.7. The van der Waals surface area contributed by atoms with Crippen molar-refractivity contribution in [2.24, 2.45) is 5.14 Å². The number of nitrogens with one attached hydrogen (secondary N) is 1. The van der Waals surface area contributed by atoms with Gasteiger partial charge >= 0.3 is 12.1 Å². The number of rotatable bonds is 3. The van der Waals surface area contributed by atoms with Gasteiger partial charge in [0.1, 0.15) is 5.60 Å². The van der Waals surface area contributed by atoms with Gasteiger partial charge in [-0.3, -0.25) is 5.32 Å². The molecule has 0 aliphatic heterocycles. The van der Waals surface area contributed by atoms with Crippen LogP contribution in [-0.2, 0) is 14.8 Å². The maximum atomic E-state index is 11.7. The minimum Gasteiger partial charge on any atom is -0.478 e. The molecule has 1 aromatic carbocycles. The third-order valence-corrected chi connectivity index (χ3v) is 3.10. The summed E-state index contributed by atoms with van der Waals surface area (Å²) in [5.74, 6) is -1.33. The summed E-state index contributed by atoms with van der Waals surface area (Å²) >= 11 is 0. The van der Waals surface area contributed by atoms with Crippen molar-refractivity contribution < 1.29 is 27.9 Å². The molecule has 0 saturated heterocycles. The number of hydrogen-bond donors (Lipinski definition) is 3. The zero-order valence-corrected chi connectivity index (χ0v) is 12.5. The molecule has 0 aliphatic rings. The van der Waals surface area contributed by atoms with E-state index >= 15 is 0 Å². The van der Waals surface area contributed by atoms with Crippen LogP contribution in [0, 0.1) is 0 Å². The van der Waals surface area contributed by atoms with Gasteiger partial charge in [-0.2, -0.15) is 0 Å². The van der Waals surface area contributed by atoms with E-state index in [2.05, 4.69) is 5.32 Å². The zero-order chi connectivity index (χ0) is 16.4. The molecule has 116 valence electrons. The second-order valence-corrected chi connectivity index (χ2v) is 6.75. The quantitative estimate of drug-likeness (QED) is 0.770. The highest BCUT2D eigenvalue weighted by molar-refractivity contribution is 7.89. The van der Waals surface area contributed by atoms with Gasteiger partial charge < -0.3 is 9.84 Å². The summed E-state index contributed by atoms with van der Waals surface area (Å²) in [6.07, 6.45) is -0.906. The van der Waals surface area contributed by atoms with E-state index in [4.69, 9.17) is 15.0 Å². The molecule has 8 nitrogen and oxygen atoms in total. The van der Waals surface area contributed by atoms with Gasteiger partial charge in [-0.25, -0.2) is 23.1 Å². The summed E-state index contributed by atoms with van der Waals surface area (Å²) in [4.78, 5) is 22.4. The summed E-state index contributed by atoms with van der Waals surface area (Å²) in [5.41, 5.74) is -1.29. The van der Waals surface area contributed by atoms with E-state index in [1.165, 1.54) is 0 Å². The molecule has 0 bridgehead atoms. The molecule has 1 amide bonds. The van der Waals surface area contributed by atoms with Crippen molar-refractivity contribution in [3.63, 3.8) is 0 Å².